The first-order valence-corrected chi connectivity index (χ1v) is 17.2. The Morgan fingerprint density at radius 2 is 0.894 bits per heavy atom. The molecule has 0 aliphatic heterocycles. The molecule has 0 aliphatic carbocycles. The second-order valence-electron chi connectivity index (χ2n) is 11.5. The van der Waals surface area contributed by atoms with Crippen LogP contribution in [0, 0.1) is 13.8 Å². The highest BCUT2D eigenvalue weighted by Gasteiger charge is 2.12. The fourth-order valence-corrected chi connectivity index (χ4v) is 5.95. The number of para-hydroxylation sites is 1. The van der Waals surface area contributed by atoms with Crippen LogP contribution in [0.4, 0.5) is 11.4 Å². The van der Waals surface area contributed by atoms with Crippen LogP contribution in [-0.2, 0) is 0 Å². The first-order chi connectivity index (χ1) is 22.9. The zero-order chi connectivity index (χ0) is 32.6. The van der Waals surface area contributed by atoms with Crippen LogP contribution in [0.3, 0.4) is 0 Å². The summed E-state index contributed by atoms with van der Waals surface area (Å²) in [5, 5.41) is 0. The Kier molecular flexibility index (Phi) is 10.5. The molecule has 3 heteroatoms. The number of rotatable bonds is 9. The first-order valence-electron chi connectivity index (χ1n) is 15.6. The van der Waals surface area contributed by atoms with Gasteiger partial charge in [0, 0.05) is 32.1 Å². The number of anilines is 2. The summed E-state index contributed by atoms with van der Waals surface area (Å²) in [6.45, 7) is 4.25. The summed E-state index contributed by atoms with van der Waals surface area (Å²) in [7, 11) is 0. The molecule has 0 saturated carbocycles. The SMILES string of the molecule is Cc1ccc(C(=C/C=C/c2ccc(N(C=C(c3ccc(Br)cc3)c3ccc(Br)cc3)c3ccccc3)cc2)c2ccc(C)cc2)cc1. The van der Waals surface area contributed by atoms with E-state index in [1.807, 2.05) is 0 Å². The molecule has 6 aromatic rings. The van der Waals surface area contributed by atoms with Gasteiger partial charge in [-0.05, 0) is 95.8 Å². The third-order valence-electron chi connectivity index (χ3n) is 8.05. The van der Waals surface area contributed by atoms with E-state index in [0.717, 1.165) is 42.6 Å². The molecular weight excluding hydrogens is 702 g/mol. The van der Waals surface area contributed by atoms with Gasteiger partial charge in [0.15, 0.2) is 0 Å². The number of allylic oxidation sites excluding steroid dienone is 2. The highest BCUT2D eigenvalue weighted by atomic mass is 79.9. The van der Waals surface area contributed by atoms with Gasteiger partial charge in [0.1, 0.15) is 0 Å². The fourth-order valence-electron chi connectivity index (χ4n) is 5.42. The van der Waals surface area contributed by atoms with Gasteiger partial charge in [-0.25, -0.2) is 0 Å². The zero-order valence-corrected chi connectivity index (χ0v) is 29.6. The van der Waals surface area contributed by atoms with Gasteiger partial charge >= 0.3 is 0 Å². The van der Waals surface area contributed by atoms with Crippen molar-refractivity contribution in [2.24, 2.45) is 0 Å². The molecule has 230 valence electrons. The minimum Gasteiger partial charge on any atom is -0.317 e. The summed E-state index contributed by atoms with van der Waals surface area (Å²) in [4.78, 5) is 2.26. The lowest BCUT2D eigenvalue weighted by Crippen LogP contribution is -2.10. The van der Waals surface area contributed by atoms with Gasteiger partial charge in [0.2, 0.25) is 0 Å². The molecule has 0 unspecified atom stereocenters. The van der Waals surface area contributed by atoms with Crippen molar-refractivity contribution in [2.75, 3.05) is 4.90 Å². The van der Waals surface area contributed by atoms with E-state index in [1.54, 1.807) is 0 Å². The van der Waals surface area contributed by atoms with Gasteiger partial charge in [-0.1, -0.05) is 164 Å². The molecule has 6 aromatic carbocycles. The average molecular weight is 738 g/mol. The van der Waals surface area contributed by atoms with E-state index in [1.165, 1.54) is 27.8 Å². The second-order valence-corrected chi connectivity index (χ2v) is 13.4. The summed E-state index contributed by atoms with van der Waals surface area (Å²) in [6, 6.07) is 53.7. The summed E-state index contributed by atoms with van der Waals surface area (Å²) >= 11 is 7.20. The maximum absolute atomic E-state index is 3.60. The first kappa shape index (κ1) is 32.2. The van der Waals surface area contributed by atoms with Crippen molar-refractivity contribution < 1.29 is 0 Å². The smallest absolute Gasteiger partial charge is 0.0456 e. The van der Waals surface area contributed by atoms with Crippen molar-refractivity contribution in [1.29, 1.82) is 0 Å². The van der Waals surface area contributed by atoms with Gasteiger partial charge in [-0.15, -0.1) is 0 Å². The van der Waals surface area contributed by atoms with Crippen molar-refractivity contribution in [3.8, 4) is 0 Å². The molecule has 0 heterocycles. The van der Waals surface area contributed by atoms with Crippen molar-refractivity contribution in [3.63, 3.8) is 0 Å². The van der Waals surface area contributed by atoms with Crippen LogP contribution >= 0.6 is 31.9 Å². The van der Waals surface area contributed by atoms with Crippen LogP contribution in [0.5, 0.6) is 0 Å². The summed E-state index contributed by atoms with van der Waals surface area (Å²) in [5.41, 5.74) is 12.8. The van der Waals surface area contributed by atoms with Crippen LogP contribution in [0.25, 0.3) is 17.2 Å². The van der Waals surface area contributed by atoms with Crippen molar-refractivity contribution in [2.45, 2.75) is 13.8 Å². The highest BCUT2D eigenvalue weighted by Crippen LogP contribution is 2.33. The molecule has 0 N–H and O–H groups in total. The van der Waals surface area contributed by atoms with Crippen LogP contribution in [-0.4, -0.2) is 0 Å². The Bertz CT molecular complexity index is 1910. The molecule has 0 aromatic heterocycles. The lowest BCUT2D eigenvalue weighted by Gasteiger charge is -2.23. The molecule has 0 atom stereocenters. The van der Waals surface area contributed by atoms with Crippen LogP contribution in [0.1, 0.15) is 38.9 Å². The van der Waals surface area contributed by atoms with Crippen molar-refractivity contribution in [1.82, 2.24) is 0 Å². The predicted molar refractivity (Wildman–Crippen MR) is 209 cm³/mol. The van der Waals surface area contributed by atoms with Crippen molar-refractivity contribution in [3.05, 3.63) is 218 Å². The third kappa shape index (κ3) is 8.37. The quantitative estimate of drug-likeness (QED) is 0.134. The Hall–Kier alpha value is -4.70. The largest absolute Gasteiger partial charge is 0.317 e. The third-order valence-corrected chi connectivity index (χ3v) is 9.11. The molecule has 0 amide bonds. The van der Waals surface area contributed by atoms with Gasteiger partial charge in [-0.3, -0.25) is 0 Å². The molecular formula is C44H35Br2N. The number of halogens is 2. The Balaban J connectivity index is 1.35. The molecule has 6 rings (SSSR count). The summed E-state index contributed by atoms with van der Waals surface area (Å²) in [5.74, 6) is 0. The van der Waals surface area contributed by atoms with Gasteiger partial charge in [0.25, 0.3) is 0 Å². The minimum atomic E-state index is 1.06. The number of nitrogens with zero attached hydrogens (tertiary/aromatic N) is 1. The number of benzene rings is 6. The van der Waals surface area contributed by atoms with Crippen LogP contribution < -0.4 is 4.90 Å². The molecule has 47 heavy (non-hydrogen) atoms. The van der Waals surface area contributed by atoms with Gasteiger partial charge in [0.05, 0.1) is 0 Å². The van der Waals surface area contributed by atoms with Crippen LogP contribution in [0.2, 0.25) is 0 Å². The maximum atomic E-state index is 3.60. The summed E-state index contributed by atoms with van der Waals surface area (Å²) < 4.78 is 2.11. The van der Waals surface area contributed by atoms with E-state index in [9.17, 15) is 0 Å². The maximum Gasteiger partial charge on any atom is 0.0456 e. The van der Waals surface area contributed by atoms with E-state index in [2.05, 4.69) is 227 Å². The van der Waals surface area contributed by atoms with Gasteiger partial charge < -0.3 is 4.90 Å². The molecule has 0 bridgehead atoms. The van der Waals surface area contributed by atoms with E-state index in [4.69, 9.17) is 0 Å². The molecule has 1 nitrogen and oxygen atoms in total. The molecule has 0 saturated heterocycles. The number of aryl methyl sites for hydroxylation is 2. The monoisotopic (exact) mass is 735 g/mol. The van der Waals surface area contributed by atoms with Crippen molar-refractivity contribution >= 4 is 60.5 Å². The Labute approximate surface area is 295 Å². The topological polar surface area (TPSA) is 3.24 Å². The molecule has 0 aliphatic rings. The normalized spacial score (nSPS) is 10.9. The lowest BCUT2D eigenvalue weighted by atomic mass is 9.96. The van der Waals surface area contributed by atoms with E-state index in [0.29, 0.717) is 0 Å². The molecule has 0 fully saturated rings. The van der Waals surface area contributed by atoms with Gasteiger partial charge in [-0.2, -0.15) is 0 Å². The van der Waals surface area contributed by atoms with E-state index in [-0.39, 0.29) is 0 Å². The lowest BCUT2D eigenvalue weighted by molar-refractivity contribution is 1.28. The second kappa shape index (κ2) is 15.3. The van der Waals surface area contributed by atoms with Crippen LogP contribution in [0.15, 0.2) is 179 Å². The molecule has 0 spiro atoms. The summed E-state index contributed by atoms with van der Waals surface area (Å²) in [6.07, 6.45) is 8.78. The van der Waals surface area contributed by atoms with E-state index < -0.39 is 0 Å². The average Bonchev–Trinajstić information content (AvgIpc) is 3.10. The number of hydrogen-bond donors (Lipinski definition) is 0. The Morgan fingerprint density at radius 3 is 1.38 bits per heavy atom. The predicted octanol–water partition coefficient (Wildman–Crippen LogP) is 13.2. The highest BCUT2D eigenvalue weighted by molar-refractivity contribution is 9.10. The fraction of sp³-hybridized carbons (Fsp3) is 0.0455. The standard InChI is InChI=1S/C44H35Br2N/c1-32-11-17-35(18-12-32)43(36-19-13-33(2)14-20-36)10-6-7-34-15-29-42(30-16-34)47(41-8-4-3-5-9-41)31-44(37-21-25-39(45)26-22-37)38-23-27-40(46)28-24-38/h3-31H,1-2H3/b7-6+. The Morgan fingerprint density at radius 1 is 0.468 bits per heavy atom. The molecule has 0 radical (unpaired) electrons. The number of hydrogen-bond acceptors (Lipinski definition) is 1. The zero-order valence-electron chi connectivity index (χ0n) is 26.4. The van der Waals surface area contributed by atoms with E-state index >= 15 is 0 Å². The minimum absolute atomic E-state index is 1.06.